The van der Waals surface area contributed by atoms with Gasteiger partial charge >= 0.3 is 5.97 Å². The molecule has 0 amide bonds. The molecule has 0 N–H and O–H groups in total. The maximum Gasteiger partial charge on any atom is 0.326 e. The molecule has 0 saturated carbocycles. The standard InChI is InChI=1S/C18H20N2O8S/c1-4-28-18(21)12-19(16-11-13(20(22)23)5-10-17(16)27-3)29(24,25)15-8-6-14(26-2)7-9-15/h5-11H,4,12H2,1-3H3. The van der Waals surface area contributed by atoms with Crippen molar-refractivity contribution >= 4 is 27.4 Å². The highest BCUT2D eigenvalue weighted by atomic mass is 32.2. The second kappa shape index (κ2) is 9.24. The maximum absolute atomic E-state index is 13.3. The Labute approximate surface area is 167 Å². The second-order valence-corrected chi connectivity index (χ2v) is 7.47. The van der Waals surface area contributed by atoms with Gasteiger partial charge in [0.1, 0.15) is 23.7 Å². The molecule has 0 radical (unpaired) electrons. The van der Waals surface area contributed by atoms with Crippen LogP contribution in [0.5, 0.6) is 11.5 Å². The number of hydrogen-bond donors (Lipinski definition) is 0. The van der Waals surface area contributed by atoms with Crippen molar-refractivity contribution in [3.05, 3.63) is 52.6 Å². The van der Waals surface area contributed by atoms with Crippen LogP contribution in [0.1, 0.15) is 6.92 Å². The topological polar surface area (TPSA) is 125 Å². The number of anilines is 1. The lowest BCUT2D eigenvalue weighted by Gasteiger charge is -2.25. The number of nitro benzene ring substituents is 1. The van der Waals surface area contributed by atoms with E-state index in [1.807, 2.05) is 0 Å². The first-order valence-electron chi connectivity index (χ1n) is 8.39. The molecule has 11 heteroatoms. The normalized spacial score (nSPS) is 10.9. The first-order valence-corrected chi connectivity index (χ1v) is 9.83. The third kappa shape index (κ3) is 4.93. The summed E-state index contributed by atoms with van der Waals surface area (Å²) >= 11 is 0. The van der Waals surface area contributed by atoms with Crippen LogP contribution < -0.4 is 13.8 Å². The zero-order chi connectivity index (χ0) is 21.6. The summed E-state index contributed by atoms with van der Waals surface area (Å²) in [6, 6.07) is 8.95. The van der Waals surface area contributed by atoms with Gasteiger partial charge in [0, 0.05) is 12.1 Å². The summed E-state index contributed by atoms with van der Waals surface area (Å²) in [4.78, 5) is 22.5. The van der Waals surface area contributed by atoms with E-state index in [0.29, 0.717) is 5.75 Å². The van der Waals surface area contributed by atoms with Gasteiger partial charge in [0.15, 0.2) is 0 Å². The van der Waals surface area contributed by atoms with Crippen LogP contribution in [-0.4, -0.2) is 46.7 Å². The molecule has 2 aromatic rings. The van der Waals surface area contributed by atoms with E-state index in [2.05, 4.69) is 0 Å². The van der Waals surface area contributed by atoms with Crippen molar-refractivity contribution < 1.29 is 32.3 Å². The number of methoxy groups -OCH3 is 2. The molecule has 0 atom stereocenters. The molecule has 0 aromatic heterocycles. The van der Waals surface area contributed by atoms with E-state index in [-0.39, 0.29) is 28.6 Å². The molecule has 0 unspecified atom stereocenters. The number of carbonyl (C=O) groups excluding carboxylic acids is 1. The smallest absolute Gasteiger partial charge is 0.326 e. The SMILES string of the molecule is CCOC(=O)CN(c1cc([N+](=O)[O-])ccc1OC)S(=O)(=O)c1ccc(OC)cc1. The van der Waals surface area contributed by atoms with Crippen LogP contribution in [0.25, 0.3) is 0 Å². The van der Waals surface area contributed by atoms with Crippen molar-refractivity contribution in [2.45, 2.75) is 11.8 Å². The summed E-state index contributed by atoms with van der Waals surface area (Å²) in [7, 11) is -1.57. The van der Waals surface area contributed by atoms with Crippen molar-refractivity contribution in [1.82, 2.24) is 0 Å². The monoisotopic (exact) mass is 424 g/mol. The van der Waals surface area contributed by atoms with Gasteiger partial charge in [0.2, 0.25) is 0 Å². The summed E-state index contributed by atoms with van der Waals surface area (Å²) < 4.78 is 42.3. The highest BCUT2D eigenvalue weighted by Gasteiger charge is 2.31. The number of non-ortho nitro benzene ring substituents is 1. The first kappa shape index (κ1) is 22.0. The fourth-order valence-electron chi connectivity index (χ4n) is 2.49. The average molecular weight is 424 g/mol. The quantitative estimate of drug-likeness (QED) is 0.341. The minimum atomic E-state index is -4.29. The molecule has 10 nitrogen and oxygen atoms in total. The summed E-state index contributed by atoms with van der Waals surface area (Å²) in [5.41, 5.74) is -0.523. The third-order valence-corrected chi connectivity index (χ3v) is 5.64. The summed E-state index contributed by atoms with van der Waals surface area (Å²) in [5.74, 6) is -0.344. The molecule has 2 aromatic carbocycles. The van der Waals surface area contributed by atoms with Gasteiger partial charge in [-0.1, -0.05) is 0 Å². The van der Waals surface area contributed by atoms with Gasteiger partial charge < -0.3 is 14.2 Å². The van der Waals surface area contributed by atoms with Gasteiger partial charge in [-0.3, -0.25) is 19.2 Å². The molecule has 2 rings (SSSR count). The molecule has 29 heavy (non-hydrogen) atoms. The second-order valence-electron chi connectivity index (χ2n) is 5.61. The van der Waals surface area contributed by atoms with Crippen molar-refractivity contribution in [2.24, 2.45) is 0 Å². The zero-order valence-electron chi connectivity index (χ0n) is 16.0. The van der Waals surface area contributed by atoms with Crippen LogP contribution in [0.2, 0.25) is 0 Å². The highest BCUT2D eigenvalue weighted by Crippen LogP contribution is 2.35. The van der Waals surface area contributed by atoms with Crippen LogP contribution >= 0.6 is 0 Å². The van der Waals surface area contributed by atoms with Gasteiger partial charge in [-0.2, -0.15) is 0 Å². The van der Waals surface area contributed by atoms with E-state index in [1.54, 1.807) is 6.92 Å². The van der Waals surface area contributed by atoms with Crippen LogP contribution in [0, 0.1) is 10.1 Å². The van der Waals surface area contributed by atoms with E-state index in [4.69, 9.17) is 14.2 Å². The first-order chi connectivity index (χ1) is 13.7. The largest absolute Gasteiger partial charge is 0.497 e. The van der Waals surface area contributed by atoms with Crippen LogP contribution in [0.3, 0.4) is 0 Å². The number of hydrogen-bond acceptors (Lipinski definition) is 8. The number of esters is 1. The van der Waals surface area contributed by atoms with Gasteiger partial charge in [0.05, 0.1) is 30.6 Å². The van der Waals surface area contributed by atoms with Gasteiger partial charge in [-0.25, -0.2) is 8.42 Å². The van der Waals surface area contributed by atoms with E-state index >= 15 is 0 Å². The minimum absolute atomic E-state index is 0.0389. The number of nitro groups is 1. The number of nitrogens with zero attached hydrogens (tertiary/aromatic N) is 2. The molecular formula is C18H20N2O8S. The Kier molecular flexibility index (Phi) is 6.99. The predicted octanol–water partition coefficient (Wildman–Crippen LogP) is 2.37. The predicted molar refractivity (Wildman–Crippen MR) is 104 cm³/mol. The Morgan fingerprint density at radius 2 is 1.76 bits per heavy atom. The molecule has 0 heterocycles. The van der Waals surface area contributed by atoms with Crippen molar-refractivity contribution in [3.8, 4) is 11.5 Å². The Bertz CT molecular complexity index is 989. The summed E-state index contributed by atoms with van der Waals surface area (Å²) in [6.45, 7) is 0.926. The average Bonchev–Trinajstić information content (AvgIpc) is 2.71. The van der Waals surface area contributed by atoms with Gasteiger partial charge in [-0.15, -0.1) is 0 Å². The molecule has 0 bridgehead atoms. The number of ether oxygens (including phenoxy) is 3. The van der Waals surface area contributed by atoms with E-state index in [9.17, 15) is 23.3 Å². The number of carbonyl (C=O) groups is 1. The number of benzene rings is 2. The Morgan fingerprint density at radius 3 is 2.28 bits per heavy atom. The fraction of sp³-hybridized carbons (Fsp3) is 0.278. The molecule has 0 fully saturated rings. The van der Waals surface area contributed by atoms with E-state index in [1.165, 1.54) is 50.6 Å². The molecule has 0 aliphatic rings. The lowest BCUT2D eigenvalue weighted by Crippen LogP contribution is -2.37. The number of rotatable bonds is 9. The van der Waals surface area contributed by atoms with Crippen molar-refractivity contribution in [2.75, 3.05) is 31.7 Å². The Balaban J connectivity index is 2.64. The summed E-state index contributed by atoms with van der Waals surface area (Å²) in [6.07, 6.45) is 0. The fourth-order valence-corrected chi connectivity index (χ4v) is 3.90. The van der Waals surface area contributed by atoms with Crippen LogP contribution in [0.15, 0.2) is 47.4 Å². The van der Waals surface area contributed by atoms with E-state index < -0.39 is 27.5 Å². The van der Waals surface area contributed by atoms with Crippen LogP contribution in [-0.2, 0) is 19.6 Å². The number of sulfonamides is 1. The van der Waals surface area contributed by atoms with E-state index in [0.717, 1.165) is 10.4 Å². The molecule has 0 spiro atoms. The minimum Gasteiger partial charge on any atom is -0.497 e. The Morgan fingerprint density at radius 1 is 1.10 bits per heavy atom. The molecule has 0 aliphatic heterocycles. The van der Waals surface area contributed by atoms with Crippen LogP contribution in [0.4, 0.5) is 11.4 Å². The van der Waals surface area contributed by atoms with Gasteiger partial charge in [-0.05, 0) is 37.3 Å². The van der Waals surface area contributed by atoms with Crippen molar-refractivity contribution in [1.29, 1.82) is 0 Å². The van der Waals surface area contributed by atoms with Gasteiger partial charge in [0.25, 0.3) is 15.7 Å². The zero-order valence-corrected chi connectivity index (χ0v) is 16.8. The van der Waals surface area contributed by atoms with Crippen molar-refractivity contribution in [3.63, 3.8) is 0 Å². The molecule has 156 valence electrons. The molecular weight excluding hydrogens is 404 g/mol. The lowest BCUT2D eigenvalue weighted by atomic mass is 10.2. The highest BCUT2D eigenvalue weighted by molar-refractivity contribution is 7.92. The molecule has 0 aliphatic carbocycles. The lowest BCUT2D eigenvalue weighted by molar-refractivity contribution is -0.384. The Hall–Kier alpha value is -3.34. The molecule has 0 saturated heterocycles. The third-order valence-electron chi connectivity index (χ3n) is 3.87. The maximum atomic E-state index is 13.3. The summed E-state index contributed by atoms with van der Waals surface area (Å²) in [5, 5.41) is 11.2.